The van der Waals surface area contributed by atoms with Crippen LogP contribution in [0.1, 0.15) is 367 Å². The number of amides is 1. The van der Waals surface area contributed by atoms with Crippen molar-refractivity contribution in [3.05, 3.63) is 0 Å². The van der Waals surface area contributed by atoms with Gasteiger partial charge in [-0.3, -0.25) is 4.79 Å². The lowest BCUT2D eigenvalue weighted by molar-refractivity contribution is -0.125. The third-order valence-corrected chi connectivity index (χ3v) is 15.2. The Labute approximate surface area is 421 Å². The number of aliphatic hydroxyl groups is 3. The second-order valence-corrected chi connectivity index (χ2v) is 22.0. The molecule has 3 unspecified atom stereocenters. The van der Waals surface area contributed by atoms with Gasteiger partial charge in [-0.1, -0.05) is 348 Å². The first-order valence-corrected chi connectivity index (χ1v) is 31.3. The van der Waals surface area contributed by atoms with E-state index in [1.54, 1.807) is 0 Å². The molecule has 0 aliphatic carbocycles. The Morgan fingerprint density at radius 2 is 0.507 bits per heavy atom. The minimum absolute atomic E-state index is 0.0435. The maximum Gasteiger partial charge on any atom is 0.222 e. The predicted octanol–water partition coefficient (Wildman–Crippen LogP) is 19.7. The zero-order chi connectivity index (χ0) is 48.6. The van der Waals surface area contributed by atoms with Crippen molar-refractivity contribution in [2.24, 2.45) is 0 Å². The van der Waals surface area contributed by atoms with E-state index in [9.17, 15) is 20.1 Å². The molecule has 1 amide bonds. The lowest BCUT2D eigenvalue weighted by Gasteiger charge is -2.23. The summed E-state index contributed by atoms with van der Waals surface area (Å²) in [6.45, 7) is 4.31. The van der Waals surface area contributed by atoms with E-state index in [0.717, 1.165) is 25.7 Å². The third-order valence-electron chi connectivity index (χ3n) is 15.2. The van der Waals surface area contributed by atoms with Crippen LogP contribution in [-0.2, 0) is 4.79 Å². The summed E-state index contributed by atoms with van der Waals surface area (Å²) in [6, 6.07) is -0.654. The zero-order valence-electron chi connectivity index (χ0n) is 46.1. The van der Waals surface area contributed by atoms with E-state index in [2.05, 4.69) is 19.2 Å². The number of unbranched alkanes of at least 4 members (excludes halogenated alkanes) is 50. The van der Waals surface area contributed by atoms with Gasteiger partial charge < -0.3 is 20.6 Å². The normalized spacial score (nSPS) is 13.1. The molecule has 0 saturated carbocycles. The molecule has 0 spiro atoms. The van der Waals surface area contributed by atoms with Gasteiger partial charge in [0.15, 0.2) is 0 Å². The molecule has 0 radical (unpaired) electrons. The highest BCUT2D eigenvalue weighted by Crippen LogP contribution is 2.19. The highest BCUT2D eigenvalue weighted by molar-refractivity contribution is 5.76. The van der Waals surface area contributed by atoms with Crippen molar-refractivity contribution in [3.63, 3.8) is 0 Å². The van der Waals surface area contributed by atoms with Crippen molar-refractivity contribution < 1.29 is 20.1 Å². The average Bonchev–Trinajstić information content (AvgIpc) is 3.32. The van der Waals surface area contributed by atoms with Crippen molar-refractivity contribution in [1.82, 2.24) is 5.32 Å². The molecule has 402 valence electrons. The number of nitrogens with one attached hydrogen (secondary N) is 1. The number of carbonyl (C=O) groups excluding carboxylic acids is 1. The van der Waals surface area contributed by atoms with Crippen LogP contribution in [0.5, 0.6) is 0 Å². The van der Waals surface area contributed by atoms with Crippen LogP contribution in [-0.4, -0.2) is 46.1 Å². The summed E-state index contributed by atoms with van der Waals surface area (Å²) in [5.74, 6) is -0.274. The molecule has 67 heavy (non-hydrogen) atoms. The standard InChI is InChI=1S/C62H125NO4/c1-3-5-7-9-11-13-15-17-19-20-21-22-23-24-25-26-27-28-29-30-31-32-33-34-35-36-37-38-39-40-42-43-45-47-49-51-53-55-59(65)57-62(67)63-60(58-64)61(66)56-54-52-50-48-46-44-41-18-16-14-12-10-8-6-4-2/h59-61,64-66H,3-58H2,1-2H3,(H,63,67). The first-order chi connectivity index (χ1) is 33.0. The van der Waals surface area contributed by atoms with Gasteiger partial charge in [-0.15, -0.1) is 0 Å². The van der Waals surface area contributed by atoms with Crippen LogP contribution in [0.4, 0.5) is 0 Å². The number of rotatable bonds is 59. The maximum atomic E-state index is 12.5. The molecule has 0 bridgehead atoms. The SMILES string of the molecule is CCCCCCCCCCCCCCCCCCCCCCCCCCCCCCCCCCCCCCCC(O)CC(=O)NC(CO)C(O)CCCCCCCCCCCCCCCCC. The lowest BCUT2D eigenvalue weighted by atomic mass is 10.0. The van der Waals surface area contributed by atoms with Crippen molar-refractivity contribution in [1.29, 1.82) is 0 Å². The first kappa shape index (κ1) is 66.3. The zero-order valence-corrected chi connectivity index (χ0v) is 46.1. The summed E-state index contributed by atoms with van der Waals surface area (Å²) in [5.41, 5.74) is 0. The van der Waals surface area contributed by atoms with Gasteiger partial charge in [0.25, 0.3) is 0 Å². The molecule has 0 rings (SSSR count). The number of hydrogen-bond donors (Lipinski definition) is 4. The molecule has 5 heteroatoms. The molecule has 0 aliphatic heterocycles. The van der Waals surface area contributed by atoms with E-state index in [0.29, 0.717) is 12.8 Å². The largest absolute Gasteiger partial charge is 0.394 e. The molecule has 0 aliphatic rings. The van der Waals surface area contributed by atoms with Gasteiger partial charge in [-0.2, -0.15) is 0 Å². The van der Waals surface area contributed by atoms with E-state index in [-0.39, 0.29) is 18.9 Å². The fraction of sp³-hybridized carbons (Fsp3) is 0.984. The summed E-state index contributed by atoms with van der Waals surface area (Å²) >= 11 is 0. The molecule has 3 atom stereocenters. The molecule has 4 N–H and O–H groups in total. The Kier molecular flexibility index (Phi) is 57.4. The van der Waals surface area contributed by atoms with Gasteiger partial charge in [-0.25, -0.2) is 0 Å². The van der Waals surface area contributed by atoms with Gasteiger partial charge in [0.05, 0.1) is 31.3 Å². The summed E-state index contributed by atoms with van der Waals surface area (Å²) in [6.07, 6.45) is 71.6. The minimum atomic E-state index is -0.745. The van der Waals surface area contributed by atoms with Crippen LogP contribution < -0.4 is 5.32 Å². The fourth-order valence-electron chi connectivity index (χ4n) is 10.4. The third kappa shape index (κ3) is 54.5. The van der Waals surface area contributed by atoms with Crippen molar-refractivity contribution in [2.45, 2.75) is 385 Å². The Bertz CT molecular complexity index is 914. The predicted molar refractivity (Wildman–Crippen MR) is 296 cm³/mol. The van der Waals surface area contributed by atoms with Crippen LogP contribution in [0, 0.1) is 0 Å². The van der Waals surface area contributed by atoms with E-state index < -0.39 is 18.2 Å². The Balaban J connectivity index is 3.39. The molecule has 0 fully saturated rings. The quantitative estimate of drug-likeness (QED) is 0.0457. The van der Waals surface area contributed by atoms with Crippen LogP contribution in [0.15, 0.2) is 0 Å². The summed E-state index contributed by atoms with van der Waals surface area (Å²) < 4.78 is 0. The summed E-state index contributed by atoms with van der Waals surface area (Å²) in [7, 11) is 0. The van der Waals surface area contributed by atoms with Gasteiger partial charge in [0.2, 0.25) is 5.91 Å². The van der Waals surface area contributed by atoms with Crippen molar-refractivity contribution in [3.8, 4) is 0 Å². The number of aliphatic hydroxyl groups excluding tert-OH is 3. The average molecular weight is 949 g/mol. The fourth-order valence-corrected chi connectivity index (χ4v) is 10.4. The molecule has 0 aromatic carbocycles. The van der Waals surface area contributed by atoms with Crippen LogP contribution in [0.2, 0.25) is 0 Å². The highest BCUT2D eigenvalue weighted by atomic mass is 16.3. The second kappa shape index (κ2) is 57.9. The number of carbonyl (C=O) groups is 1. The topological polar surface area (TPSA) is 89.8 Å². The van der Waals surface area contributed by atoms with Gasteiger partial charge in [0.1, 0.15) is 0 Å². The lowest BCUT2D eigenvalue weighted by Crippen LogP contribution is -2.46. The first-order valence-electron chi connectivity index (χ1n) is 31.3. The Morgan fingerprint density at radius 1 is 0.313 bits per heavy atom. The molecular weight excluding hydrogens is 823 g/mol. The summed E-state index contributed by atoms with van der Waals surface area (Å²) in [4.78, 5) is 12.5. The van der Waals surface area contributed by atoms with Crippen LogP contribution in [0.3, 0.4) is 0 Å². The van der Waals surface area contributed by atoms with Crippen molar-refractivity contribution >= 4 is 5.91 Å². The van der Waals surface area contributed by atoms with E-state index >= 15 is 0 Å². The monoisotopic (exact) mass is 948 g/mol. The highest BCUT2D eigenvalue weighted by Gasteiger charge is 2.21. The molecular formula is C62H125NO4. The van der Waals surface area contributed by atoms with Gasteiger partial charge in [-0.05, 0) is 12.8 Å². The van der Waals surface area contributed by atoms with Crippen LogP contribution in [0.25, 0.3) is 0 Å². The number of hydrogen-bond acceptors (Lipinski definition) is 4. The van der Waals surface area contributed by atoms with E-state index in [1.165, 1.54) is 308 Å². The van der Waals surface area contributed by atoms with Gasteiger partial charge >= 0.3 is 0 Å². The molecule has 0 saturated heterocycles. The smallest absolute Gasteiger partial charge is 0.222 e. The van der Waals surface area contributed by atoms with Gasteiger partial charge in [0, 0.05) is 0 Å². The molecule has 0 aromatic heterocycles. The van der Waals surface area contributed by atoms with Crippen LogP contribution >= 0.6 is 0 Å². The summed E-state index contributed by atoms with van der Waals surface area (Å²) in [5, 5.41) is 33.6. The molecule has 5 nitrogen and oxygen atoms in total. The van der Waals surface area contributed by atoms with Crippen molar-refractivity contribution in [2.75, 3.05) is 6.61 Å². The van der Waals surface area contributed by atoms with E-state index in [4.69, 9.17) is 0 Å². The molecule has 0 heterocycles. The Hall–Kier alpha value is -0.650. The Morgan fingerprint density at radius 3 is 0.716 bits per heavy atom. The minimum Gasteiger partial charge on any atom is -0.394 e. The van der Waals surface area contributed by atoms with E-state index in [1.807, 2.05) is 0 Å². The second-order valence-electron chi connectivity index (χ2n) is 22.0. The molecule has 0 aromatic rings. The maximum absolute atomic E-state index is 12.5.